The van der Waals surface area contributed by atoms with Gasteiger partial charge < -0.3 is 15.2 Å². The lowest BCUT2D eigenvalue weighted by atomic mass is 9.62. The average molecular weight is 363 g/mol. The molecule has 1 aromatic rings. The number of carboxylic acid groups (broad SMARTS) is 1. The van der Waals surface area contributed by atoms with Gasteiger partial charge in [-0.25, -0.2) is 4.79 Å². The van der Waals surface area contributed by atoms with E-state index in [0.717, 1.165) is 17.7 Å². The fraction of sp³-hybridized carbons (Fsp3) is 0.500. The Balaban J connectivity index is 1.84. The number of carboxylic acids is 1. The fourth-order valence-electron chi connectivity index (χ4n) is 3.85. The molecule has 3 aliphatic rings. The summed E-state index contributed by atoms with van der Waals surface area (Å²) < 4.78 is 5.03. The van der Waals surface area contributed by atoms with Crippen molar-refractivity contribution in [3.63, 3.8) is 0 Å². The van der Waals surface area contributed by atoms with Crippen LogP contribution in [0.2, 0.25) is 0 Å². The van der Waals surface area contributed by atoms with Crippen molar-refractivity contribution in [1.82, 2.24) is 0 Å². The van der Waals surface area contributed by atoms with Crippen LogP contribution in [-0.4, -0.2) is 29.6 Å². The summed E-state index contributed by atoms with van der Waals surface area (Å²) in [7, 11) is 0. The van der Waals surface area contributed by atoms with E-state index in [2.05, 4.69) is 5.32 Å². The van der Waals surface area contributed by atoms with Crippen LogP contribution in [0.4, 0.5) is 5.00 Å². The Morgan fingerprint density at radius 1 is 1.24 bits per heavy atom. The minimum absolute atomic E-state index is 0.0711. The number of esters is 1. The van der Waals surface area contributed by atoms with Gasteiger partial charge in [0.05, 0.1) is 24.0 Å². The molecule has 3 aliphatic carbocycles. The molecule has 1 amide bonds. The Hall–Kier alpha value is -2.15. The number of ether oxygens (including phenoxy) is 1. The van der Waals surface area contributed by atoms with Crippen molar-refractivity contribution in [2.75, 3.05) is 11.9 Å². The smallest absolute Gasteiger partial charge is 0.341 e. The van der Waals surface area contributed by atoms with E-state index in [-0.39, 0.29) is 24.3 Å². The van der Waals surface area contributed by atoms with Crippen LogP contribution in [0.1, 0.15) is 35.0 Å². The van der Waals surface area contributed by atoms with Crippen LogP contribution in [0.5, 0.6) is 0 Å². The topological polar surface area (TPSA) is 92.7 Å². The summed E-state index contributed by atoms with van der Waals surface area (Å²) >= 11 is 1.29. The van der Waals surface area contributed by atoms with Gasteiger partial charge >= 0.3 is 11.9 Å². The van der Waals surface area contributed by atoms with Gasteiger partial charge in [-0.2, -0.15) is 0 Å². The molecule has 6 nitrogen and oxygen atoms in total. The number of carbonyl (C=O) groups excluding carboxylic acids is 2. The van der Waals surface area contributed by atoms with Crippen molar-refractivity contribution < 1.29 is 24.2 Å². The Labute approximate surface area is 149 Å². The minimum Gasteiger partial charge on any atom is -0.481 e. The minimum atomic E-state index is -0.938. The Morgan fingerprint density at radius 2 is 1.88 bits per heavy atom. The fourth-order valence-corrected chi connectivity index (χ4v) is 4.75. The number of rotatable bonds is 5. The number of hydrogen-bond donors (Lipinski definition) is 2. The van der Waals surface area contributed by atoms with Crippen molar-refractivity contribution in [1.29, 1.82) is 0 Å². The molecule has 4 rings (SSSR count). The third-order valence-electron chi connectivity index (χ3n) is 4.92. The standard InChI is InChI=1S/C18H21NO5S/c1-3-24-18(23)12-8-9(2)25-16(12)19-15(20)13-10-4-6-11(7-5-10)14(13)17(21)22/h4,6,8,10-11,13-14H,3,5,7H2,1-2H3,(H,19,20)(H,21,22)/t10-,11-,13+,14-/m0/s1. The molecule has 0 aromatic carbocycles. The number of nitrogens with one attached hydrogen (secondary N) is 1. The van der Waals surface area contributed by atoms with Crippen LogP contribution in [-0.2, 0) is 14.3 Å². The second kappa shape index (κ2) is 7.00. The first-order valence-corrected chi connectivity index (χ1v) is 9.23. The first kappa shape index (κ1) is 17.7. The summed E-state index contributed by atoms with van der Waals surface area (Å²) in [5, 5.41) is 12.8. The number of hydrogen-bond acceptors (Lipinski definition) is 5. The molecule has 0 unspecified atom stereocenters. The van der Waals surface area contributed by atoms with E-state index in [4.69, 9.17) is 4.74 Å². The van der Waals surface area contributed by atoms with E-state index in [1.807, 2.05) is 19.1 Å². The van der Waals surface area contributed by atoms with Gasteiger partial charge in [-0.1, -0.05) is 12.2 Å². The summed E-state index contributed by atoms with van der Waals surface area (Å²) in [4.78, 5) is 37.5. The number of allylic oxidation sites excluding steroid dienone is 2. The van der Waals surface area contributed by atoms with E-state index in [0.29, 0.717) is 10.6 Å². The molecule has 1 heterocycles. The second-order valence-electron chi connectivity index (χ2n) is 6.49. The SMILES string of the molecule is CCOC(=O)c1cc(C)sc1NC(=O)[C@H]1[C@@H](C(=O)O)[C@H]2C=C[C@H]1CC2. The van der Waals surface area contributed by atoms with E-state index in [1.54, 1.807) is 13.0 Å². The molecular formula is C18H21NO5S. The lowest BCUT2D eigenvalue weighted by Gasteiger charge is -2.41. The maximum atomic E-state index is 12.9. The highest BCUT2D eigenvalue weighted by molar-refractivity contribution is 7.16. The van der Waals surface area contributed by atoms with E-state index >= 15 is 0 Å². The second-order valence-corrected chi connectivity index (χ2v) is 7.75. The summed E-state index contributed by atoms with van der Waals surface area (Å²) in [6, 6.07) is 1.68. The van der Waals surface area contributed by atoms with Gasteiger partial charge in [0, 0.05) is 4.88 Å². The van der Waals surface area contributed by atoms with Gasteiger partial charge in [0.25, 0.3) is 0 Å². The number of fused-ring (bicyclic) bond motifs is 2. The van der Waals surface area contributed by atoms with Crippen LogP contribution < -0.4 is 5.32 Å². The van der Waals surface area contributed by atoms with Crippen molar-refractivity contribution in [3.8, 4) is 0 Å². The number of amides is 1. The highest BCUT2D eigenvalue weighted by Gasteiger charge is 2.48. The molecule has 1 aromatic heterocycles. The largest absolute Gasteiger partial charge is 0.481 e. The third kappa shape index (κ3) is 3.33. The predicted octanol–water partition coefficient (Wildman–Crippen LogP) is 3.08. The maximum Gasteiger partial charge on any atom is 0.341 e. The zero-order valence-corrected chi connectivity index (χ0v) is 15.0. The number of aliphatic carboxylic acids is 1. The highest BCUT2D eigenvalue weighted by Crippen LogP contribution is 2.45. The summed E-state index contributed by atoms with van der Waals surface area (Å²) in [6.45, 7) is 3.81. The zero-order valence-electron chi connectivity index (χ0n) is 14.2. The van der Waals surface area contributed by atoms with Crippen LogP contribution in [0.15, 0.2) is 18.2 Å². The van der Waals surface area contributed by atoms with Crippen molar-refractivity contribution in [2.45, 2.75) is 26.7 Å². The Morgan fingerprint density at radius 3 is 2.44 bits per heavy atom. The average Bonchev–Trinajstić information content (AvgIpc) is 2.95. The molecule has 0 spiro atoms. The lowest BCUT2D eigenvalue weighted by Crippen LogP contribution is -2.47. The maximum absolute atomic E-state index is 12.9. The molecule has 4 atom stereocenters. The molecule has 0 aliphatic heterocycles. The van der Waals surface area contributed by atoms with Gasteiger partial charge in [-0.15, -0.1) is 11.3 Å². The van der Waals surface area contributed by atoms with Gasteiger partial charge in [0.15, 0.2) is 0 Å². The molecule has 7 heteroatoms. The summed E-state index contributed by atoms with van der Waals surface area (Å²) in [5.74, 6) is -3.26. The molecule has 1 saturated carbocycles. The molecular weight excluding hydrogens is 342 g/mol. The molecule has 2 N–H and O–H groups in total. The molecule has 2 bridgehead atoms. The Bertz CT molecular complexity index is 738. The highest BCUT2D eigenvalue weighted by atomic mass is 32.1. The molecule has 1 fully saturated rings. The molecule has 0 saturated heterocycles. The number of thiophene rings is 1. The monoisotopic (exact) mass is 363 g/mol. The van der Waals surface area contributed by atoms with Crippen LogP contribution in [0.3, 0.4) is 0 Å². The van der Waals surface area contributed by atoms with Crippen LogP contribution in [0.25, 0.3) is 0 Å². The zero-order chi connectivity index (χ0) is 18.1. The number of carbonyl (C=O) groups is 3. The van der Waals surface area contributed by atoms with Crippen molar-refractivity contribution in [2.24, 2.45) is 23.7 Å². The Kier molecular flexibility index (Phi) is 4.94. The van der Waals surface area contributed by atoms with Gasteiger partial charge in [-0.3, -0.25) is 9.59 Å². The van der Waals surface area contributed by atoms with Crippen LogP contribution >= 0.6 is 11.3 Å². The summed E-state index contributed by atoms with van der Waals surface area (Å²) in [5.41, 5.74) is 0.320. The number of aryl methyl sites for hydroxylation is 1. The van der Waals surface area contributed by atoms with Gasteiger partial charge in [0.2, 0.25) is 5.91 Å². The first-order valence-electron chi connectivity index (χ1n) is 8.42. The normalized spacial score (nSPS) is 27.1. The van der Waals surface area contributed by atoms with Crippen LogP contribution in [0, 0.1) is 30.6 Å². The van der Waals surface area contributed by atoms with E-state index in [1.165, 1.54) is 11.3 Å². The van der Waals surface area contributed by atoms with Gasteiger partial charge in [0.1, 0.15) is 5.00 Å². The van der Waals surface area contributed by atoms with Gasteiger partial charge in [-0.05, 0) is 44.6 Å². The number of anilines is 1. The van der Waals surface area contributed by atoms with Crippen molar-refractivity contribution >= 4 is 34.2 Å². The summed E-state index contributed by atoms with van der Waals surface area (Å²) in [6.07, 6.45) is 5.51. The lowest BCUT2D eigenvalue weighted by molar-refractivity contribution is -0.151. The quantitative estimate of drug-likeness (QED) is 0.619. The van der Waals surface area contributed by atoms with E-state index < -0.39 is 23.8 Å². The third-order valence-corrected chi connectivity index (χ3v) is 5.89. The first-order chi connectivity index (χ1) is 11.9. The molecule has 25 heavy (non-hydrogen) atoms. The molecule has 0 radical (unpaired) electrons. The predicted molar refractivity (Wildman–Crippen MR) is 93.6 cm³/mol. The van der Waals surface area contributed by atoms with E-state index in [9.17, 15) is 19.5 Å². The van der Waals surface area contributed by atoms with Crippen molar-refractivity contribution in [3.05, 3.63) is 28.7 Å². The molecule has 134 valence electrons.